The van der Waals surface area contributed by atoms with Crippen LogP contribution in [0, 0.1) is 0 Å². The summed E-state index contributed by atoms with van der Waals surface area (Å²) in [5, 5.41) is 0. The predicted molar refractivity (Wildman–Crippen MR) is 272 cm³/mol. The van der Waals surface area contributed by atoms with Crippen molar-refractivity contribution < 1.29 is 0 Å². The summed E-state index contributed by atoms with van der Waals surface area (Å²) in [5.41, 5.74) is 23.1. The monoisotopic (exact) mass is 869 g/mol. The van der Waals surface area contributed by atoms with E-state index in [4.69, 9.17) is 0 Å². The van der Waals surface area contributed by atoms with Crippen molar-refractivity contribution >= 4 is 24.2 Å². The molecule has 0 unspecified atom stereocenters. The average molecular weight is 868 g/mol. The summed E-state index contributed by atoms with van der Waals surface area (Å²) in [6.45, 7) is 38.1. The Bertz CT molecular complexity index is 2020. The fourth-order valence-electron chi connectivity index (χ4n) is 9.78. The average Bonchev–Trinajstić information content (AvgIpc) is 3.22. The second kappa shape index (κ2) is 19.5. The van der Waals surface area contributed by atoms with Gasteiger partial charge in [0.1, 0.15) is 0 Å². The van der Waals surface area contributed by atoms with Crippen LogP contribution in [0.15, 0.2) is 109 Å². The van der Waals surface area contributed by atoms with Crippen molar-refractivity contribution in [1.82, 2.24) is 0 Å². The van der Waals surface area contributed by atoms with Crippen LogP contribution < -0.4 is 8.79 Å². The van der Waals surface area contributed by atoms with Crippen LogP contribution in [0.3, 0.4) is 0 Å². The van der Waals surface area contributed by atoms with E-state index in [0.29, 0.717) is 47.3 Å². The van der Waals surface area contributed by atoms with E-state index in [0.717, 1.165) is 0 Å². The van der Waals surface area contributed by atoms with Crippen molar-refractivity contribution in [2.75, 3.05) is 0 Å². The summed E-state index contributed by atoms with van der Waals surface area (Å²) in [5.74, 6) is 3.11. The molecule has 0 aliphatic carbocycles. The van der Waals surface area contributed by atoms with E-state index < -0.39 is 15.4 Å². The molecular formula is C60H74Ge. The third-order valence-corrected chi connectivity index (χ3v) is 16.3. The first-order valence-corrected chi connectivity index (χ1v) is 25.6. The minimum absolute atomic E-state index is 0.389. The molecule has 0 saturated carbocycles. The minimum atomic E-state index is -1.04. The topological polar surface area (TPSA) is 0 Å². The van der Waals surface area contributed by atoms with Gasteiger partial charge in [0.05, 0.1) is 0 Å². The van der Waals surface area contributed by atoms with E-state index in [1.165, 1.54) is 89.0 Å². The zero-order valence-electron chi connectivity index (χ0n) is 40.5. The fourth-order valence-corrected chi connectivity index (χ4v) is 13.2. The van der Waals surface area contributed by atoms with Gasteiger partial charge in [0.2, 0.25) is 0 Å². The Labute approximate surface area is 378 Å². The van der Waals surface area contributed by atoms with Crippen LogP contribution in [0.25, 0.3) is 44.5 Å². The van der Waals surface area contributed by atoms with Gasteiger partial charge in [-0.3, -0.25) is 0 Å². The van der Waals surface area contributed by atoms with E-state index in [1.807, 2.05) is 0 Å². The molecule has 6 rings (SSSR count). The number of rotatable bonds is 14. The first-order valence-electron chi connectivity index (χ1n) is 23.5. The molecule has 0 fully saturated rings. The molecule has 6 aromatic carbocycles. The summed E-state index contributed by atoms with van der Waals surface area (Å²) >= 11 is -1.04. The third kappa shape index (κ3) is 9.32. The van der Waals surface area contributed by atoms with E-state index in [1.54, 1.807) is 8.79 Å². The number of benzene rings is 6. The van der Waals surface area contributed by atoms with Crippen LogP contribution >= 0.6 is 0 Å². The Morgan fingerprint density at radius 2 is 0.377 bits per heavy atom. The van der Waals surface area contributed by atoms with Gasteiger partial charge in [0, 0.05) is 0 Å². The second-order valence-corrected chi connectivity index (χ2v) is 22.7. The summed E-state index contributed by atoms with van der Waals surface area (Å²) < 4.78 is 3.12. The molecular weight excluding hydrogens is 793 g/mol. The second-order valence-electron chi connectivity index (χ2n) is 20.1. The van der Waals surface area contributed by atoms with Crippen molar-refractivity contribution in [3.63, 3.8) is 0 Å². The normalized spacial score (nSPS) is 12.2. The molecule has 0 saturated heterocycles. The first-order chi connectivity index (χ1) is 29.0. The Kier molecular flexibility index (Phi) is 14.8. The van der Waals surface area contributed by atoms with Gasteiger partial charge in [-0.1, -0.05) is 0 Å². The molecule has 0 atom stereocenters. The molecule has 6 aromatic rings. The molecule has 318 valence electrons. The molecule has 0 aliphatic heterocycles. The van der Waals surface area contributed by atoms with Crippen LogP contribution in [0.5, 0.6) is 0 Å². The van der Waals surface area contributed by atoms with Crippen molar-refractivity contribution in [3.8, 4) is 44.5 Å². The SMILES string of the molecule is CC(C)c1cccc(C(C)C)c1-c1cccc(-c2c(C(C)C)cccc2C(C)C)[c]1[Ge][c]1c(-c2c(C(C)C)cccc2C(C)C)cccc1-c1c(C(C)C)cccc1C(C)C. The Hall–Kier alpha value is -4.14. The van der Waals surface area contributed by atoms with E-state index in [2.05, 4.69) is 220 Å². The maximum absolute atomic E-state index is 2.49. The number of hydrogen-bond acceptors (Lipinski definition) is 0. The van der Waals surface area contributed by atoms with Crippen LogP contribution in [0.2, 0.25) is 0 Å². The first kappa shape index (κ1) is 46.4. The summed E-state index contributed by atoms with van der Waals surface area (Å²) in [6.07, 6.45) is 0. The Balaban J connectivity index is 1.89. The quantitative estimate of drug-likeness (QED) is 0.0957. The maximum atomic E-state index is 2.49. The third-order valence-electron chi connectivity index (χ3n) is 12.9. The van der Waals surface area contributed by atoms with Gasteiger partial charge in [-0.2, -0.15) is 0 Å². The molecule has 0 aromatic heterocycles. The van der Waals surface area contributed by atoms with Crippen LogP contribution in [-0.4, -0.2) is 15.4 Å². The van der Waals surface area contributed by atoms with Gasteiger partial charge in [-0.05, 0) is 0 Å². The molecule has 0 nitrogen and oxygen atoms in total. The van der Waals surface area contributed by atoms with E-state index in [9.17, 15) is 0 Å². The van der Waals surface area contributed by atoms with E-state index in [-0.39, 0.29) is 0 Å². The summed E-state index contributed by atoms with van der Waals surface area (Å²) in [6, 6.07) is 43.2. The van der Waals surface area contributed by atoms with Crippen molar-refractivity contribution in [1.29, 1.82) is 0 Å². The predicted octanol–water partition coefficient (Wildman–Crippen LogP) is 17.0. The summed E-state index contributed by atoms with van der Waals surface area (Å²) in [4.78, 5) is 0. The molecule has 0 amide bonds. The zero-order valence-corrected chi connectivity index (χ0v) is 42.6. The zero-order chi connectivity index (χ0) is 44.4. The van der Waals surface area contributed by atoms with Crippen molar-refractivity contribution in [3.05, 3.63) is 154 Å². The summed E-state index contributed by atoms with van der Waals surface area (Å²) in [7, 11) is 0. The van der Waals surface area contributed by atoms with Gasteiger partial charge >= 0.3 is 381 Å². The van der Waals surface area contributed by atoms with Gasteiger partial charge in [0.15, 0.2) is 0 Å². The molecule has 0 N–H and O–H groups in total. The molecule has 0 bridgehead atoms. The van der Waals surface area contributed by atoms with Crippen molar-refractivity contribution in [2.24, 2.45) is 0 Å². The molecule has 0 heterocycles. The van der Waals surface area contributed by atoms with Gasteiger partial charge in [-0.25, -0.2) is 0 Å². The van der Waals surface area contributed by atoms with Crippen LogP contribution in [-0.2, 0) is 0 Å². The standard InChI is InChI=1S/C60H74Ge/c1-35(2)43-23-17-24-44(36(3)4)55(43)51-31-21-32-52(56-45(37(5)6)25-18-26-46(56)38(7)8)59(51)61-60-53(57-47(39(9)10)27-19-28-48(57)40(11)12)33-22-34-54(60)58-49(41(13)14)29-20-30-50(58)42(15)16/h17-42H,1-16H3. The molecule has 61 heavy (non-hydrogen) atoms. The van der Waals surface area contributed by atoms with Crippen LogP contribution in [0.1, 0.15) is 203 Å². The Morgan fingerprint density at radius 1 is 0.230 bits per heavy atom. The molecule has 1 heteroatoms. The van der Waals surface area contributed by atoms with Crippen molar-refractivity contribution in [2.45, 2.75) is 158 Å². The fraction of sp³-hybridized carbons (Fsp3) is 0.400. The van der Waals surface area contributed by atoms with Gasteiger partial charge in [0.25, 0.3) is 0 Å². The van der Waals surface area contributed by atoms with E-state index >= 15 is 0 Å². The van der Waals surface area contributed by atoms with Crippen LogP contribution in [0.4, 0.5) is 0 Å². The van der Waals surface area contributed by atoms with Gasteiger partial charge in [-0.15, -0.1) is 0 Å². The van der Waals surface area contributed by atoms with Gasteiger partial charge < -0.3 is 0 Å². The molecule has 2 radical (unpaired) electrons. The molecule has 0 aliphatic rings. The molecule has 0 spiro atoms. The Morgan fingerprint density at radius 3 is 0.525 bits per heavy atom. The number of hydrogen-bond donors (Lipinski definition) is 0.